The number of nitrogens with zero attached hydrogens (tertiary/aromatic N) is 2. The van der Waals surface area contributed by atoms with Gasteiger partial charge in [-0.2, -0.15) is 0 Å². The third-order valence-corrected chi connectivity index (χ3v) is 9.43. The van der Waals surface area contributed by atoms with Crippen LogP contribution in [-0.4, -0.2) is 72.0 Å². The molecule has 4 aliphatic rings. The lowest BCUT2D eigenvalue weighted by molar-refractivity contribution is -0.116. The van der Waals surface area contributed by atoms with Crippen molar-refractivity contribution in [1.29, 1.82) is 0 Å². The molecule has 33 heavy (non-hydrogen) atoms. The standard InChI is InChI=1S/C25H40N2O6/c1-15(26-33-11-10-31-4)16-7-9-25(30)18-12-20(27-32-5)19-13-21(28)22(29)14-23(19,2)17(18)6-8-24(16,25)3/h12,16-17,19,21-22,28-30H,6-11,13-14H2,1-5H3/b26-15-,27-20+/t16-,17?,19?,21-,22?,23?,24?,25-/m1/s1. The van der Waals surface area contributed by atoms with E-state index in [0.29, 0.717) is 32.5 Å². The molecule has 0 heterocycles. The van der Waals surface area contributed by atoms with E-state index in [2.05, 4.69) is 24.2 Å². The summed E-state index contributed by atoms with van der Waals surface area (Å²) in [5, 5.41) is 42.0. The summed E-state index contributed by atoms with van der Waals surface area (Å²) in [5.74, 6) is 0.207. The number of oxime groups is 2. The monoisotopic (exact) mass is 464 g/mol. The Morgan fingerprint density at radius 3 is 2.55 bits per heavy atom. The Labute approximate surface area is 196 Å². The number of methoxy groups -OCH3 is 1. The maximum absolute atomic E-state index is 12.3. The van der Waals surface area contributed by atoms with Gasteiger partial charge in [-0.3, -0.25) is 0 Å². The molecule has 0 saturated heterocycles. The summed E-state index contributed by atoms with van der Waals surface area (Å²) in [7, 11) is 3.16. The summed E-state index contributed by atoms with van der Waals surface area (Å²) in [4.78, 5) is 10.6. The second-order valence-corrected chi connectivity index (χ2v) is 11.0. The summed E-state index contributed by atoms with van der Waals surface area (Å²) in [5.41, 5.74) is 0.999. The number of hydrogen-bond donors (Lipinski definition) is 3. The lowest BCUT2D eigenvalue weighted by Gasteiger charge is -2.60. The zero-order chi connectivity index (χ0) is 24.0. The first kappa shape index (κ1) is 24.6. The van der Waals surface area contributed by atoms with Crippen molar-refractivity contribution in [2.75, 3.05) is 27.4 Å². The third kappa shape index (κ3) is 3.74. The second kappa shape index (κ2) is 8.95. The van der Waals surface area contributed by atoms with Gasteiger partial charge in [-0.15, -0.1) is 0 Å². The van der Waals surface area contributed by atoms with Crippen LogP contribution in [0.5, 0.6) is 0 Å². The number of hydrogen-bond acceptors (Lipinski definition) is 8. The zero-order valence-corrected chi connectivity index (χ0v) is 20.6. The topological polar surface area (TPSA) is 113 Å². The van der Waals surface area contributed by atoms with E-state index in [0.717, 1.165) is 36.3 Å². The van der Waals surface area contributed by atoms with Gasteiger partial charge in [-0.05, 0) is 68.4 Å². The van der Waals surface area contributed by atoms with Gasteiger partial charge in [0, 0.05) is 24.4 Å². The molecule has 3 saturated carbocycles. The van der Waals surface area contributed by atoms with E-state index in [1.54, 1.807) is 7.11 Å². The Kier molecular flexibility index (Phi) is 6.68. The molecule has 0 aliphatic heterocycles. The molecular weight excluding hydrogens is 424 g/mol. The van der Waals surface area contributed by atoms with Gasteiger partial charge >= 0.3 is 0 Å². The van der Waals surface area contributed by atoms with E-state index in [9.17, 15) is 15.3 Å². The van der Waals surface area contributed by atoms with Gasteiger partial charge in [0.05, 0.1) is 35.8 Å². The van der Waals surface area contributed by atoms with Crippen LogP contribution in [0.1, 0.15) is 59.3 Å². The fourth-order valence-corrected chi connectivity index (χ4v) is 7.59. The van der Waals surface area contributed by atoms with Crippen molar-refractivity contribution in [3.05, 3.63) is 11.6 Å². The van der Waals surface area contributed by atoms with Crippen LogP contribution in [0.25, 0.3) is 0 Å². The van der Waals surface area contributed by atoms with E-state index >= 15 is 0 Å². The highest BCUT2D eigenvalue weighted by atomic mass is 16.6. The minimum atomic E-state index is -0.993. The van der Waals surface area contributed by atoms with Crippen LogP contribution in [0.2, 0.25) is 0 Å². The molecule has 8 atom stereocenters. The summed E-state index contributed by atoms with van der Waals surface area (Å²) >= 11 is 0. The first-order valence-corrected chi connectivity index (χ1v) is 12.2. The van der Waals surface area contributed by atoms with Crippen LogP contribution in [0.4, 0.5) is 0 Å². The van der Waals surface area contributed by atoms with Crippen molar-refractivity contribution in [3.8, 4) is 0 Å². The lowest BCUT2D eigenvalue weighted by atomic mass is 9.46. The number of allylic oxidation sites excluding steroid dienone is 1. The van der Waals surface area contributed by atoms with Crippen molar-refractivity contribution in [3.63, 3.8) is 0 Å². The maximum atomic E-state index is 12.3. The van der Waals surface area contributed by atoms with Crippen molar-refractivity contribution in [2.24, 2.45) is 38.9 Å². The Hall–Kier alpha value is -1.48. The highest BCUT2D eigenvalue weighted by Crippen LogP contribution is 2.67. The predicted octanol–water partition coefficient (Wildman–Crippen LogP) is 2.66. The molecule has 0 amide bonds. The van der Waals surface area contributed by atoms with Crippen LogP contribution < -0.4 is 0 Å². The van der Waals surface area contributed by atoms with Crippen LogP contribution in [-0.2, 0) is 14.4 Å². The Morgan fingerprint density at radius 2 is 1.85 bits per heavy atom. The molecule has 5 unspecified atom stereocenters. The SMILES string of the molecule is COCCO/N=C(/C)[C@H]1CC[C@@]2(O)C3=C/C(=N\OC)C4C[C@@H](O)C(O)CC4(C)C3CCC12C. The molecule has 8 nitrogen and oxygen atoms in total. The van der Waals surface area contributed by atoms with Gasteiger partial charge in [-0.1, -0.05) is 24.2 Å². The number of ether oxygens (including phenoxy) is 1. The Morgan fingerprint density at radius 1 is 1.09 bits per heavy atom. The second-order valence-electron chi connectivity index (χ2n) is 11.0. The number of aliphatic hydroxyl groups excluding tert-OH is 2. The number of rotatable bonds is 6. The van der Waals surface area contributed by atoms with E-state index in [1.165, 1.54) is 7.11 Å². The molecule has 4 rings (SSSR count). The molecule has 0 spiro atoms. The first-order valence-electron chi connectivity index (χ1n) is 12.2. The number of aliphatic hydroxyl groups is 3. The highest BCUT2D eigenvalue weighted by molar-refractivity contribution is 5.99. The van der Waals surface area contributed by atoms with Crippen molar-refractivity contribution >= 4 is 11.4 Å². The number of fused-ring (bicyclic) bond motifs is 5. The molecule has 0 bridgehead atoms. The summed E-state index contributed by atoms with van der Waals surface area (Å²) in [6.07, 6.45) is 4.67. The van der Waals surface area contributed by atoms with Gasteiger partial charge in [0.15, 0.2) is 0 Å². The van der Waals surface area contributed by atoms with Crippen LogP contribution >= 0.6 is 0 Å². The Bertz CT molecular complexity index is 843. The van der Waals surface area contributed by atoms with Crippen molar-refractivity contribution < 1.29 is 29.7 Å². The average Bonchev–Trinajstić information content (AvgIpc) is 3.05. The molecule has 4 aliphatic carbocycles. The fraction of sp³-hybridized carbons (Fsp3) is 0.840. The minimum absolute atomic E-state index is 0.0211. The van der Waals surface area contributed by atoms with Crippen LogP contribution in [0, 0.1) is 28.6 Å². The smallest absolute Gasteiger partial charge is 0.140 e. The van der Waals surface area contributed by atoms with E-state index in [4.69, 9.17) is 14.4 Å². The van der Waals surface area contributed by atoms with Gasteiger partial charge in [0.2, 0.25) is 0 Å². The van der Waals surface area contributed by atoms with Crippen molar-refractivity contribution in [2.45, 2.75) is 77.1 Å². The quantitative estimate of drug-likeness (QED) is 0.316. The van der Waals surface area contributed by atoms with E-state index < -0.39 is 17.8 Å². The van der Waals surface area contributed by atoms with Crippen molar-refractivity contribution in [1.82, 2.24) is 0 Å². The van der Waals surface area contributed by atoms with Gasteiger partial charge in [-0.25, -0.2) is 0 Å². The summed E-state index contributed by atoms with van der Waals surface area (Å²) < 4.78 is 5.03. The maximum Gasteiger partial charge on any atom is 0.140 e. The molecule has 0 aromatic heterocycles. The highest BCUT2D eigenvalue weighted by Gasteiger charge is 2.66. The molecule has 0 radical (unpaired) electrons. The molecular formula is C25H40N2O6. The third-order valence-electron chi connectivity index (χ3n) is 9.43. The molecule has 8 heteroatoms. The molecule has 3 fully saturated rings. The fourth-order valence-electron chi connectivity index (χ4n) is 7.59. The first-order chi connectivity index (χ1) is 15.6. The van der Waals surface area contributed by atoms with Gasteiger partial charge in [0.1, 0.15) is 13.7 Å². The summed E-state index contributed by atoms with van der Waals surface area (Å²) in [6, 6.07) is 0. The molecule has 3 N–H and O–H groups in total. The predicted molar refractivity (Wildman–Crippen MR) is 125 cm³/mol. The van der Waals surface area contributed by atoms with Gasteiger partial charge < -0.3 is 29.7 Å². The van der Waals surface area contributed by atoms with E-state index in [-0.39, 0.29) is 28.6 Å². The molecule has 186 valence electrons. The van der Waals surface area contributed by atoms with E-state index in [1.807, 2.05) is 13.0 Å². The average molecular weight is 465 g/mol. The summed E-state index contributed by atoms with van der Waals surface area (Å²) in [6.45, 7) is 7.24. The van der Waals surface area contributed by atoms with Gasteiger partial charge in [0.25, 0.3) is 0 Å². The molecule has 0 aromatic rings. The van der Waals surface area contributed by atoms with Crippen LogP contribution in [0.3, 0.4) is 0 Å². The Balaban J connectivity index is 1.71. The minimum Gasteiger partial charge on any atom is -0.399 e. The normalized spacial score (nSPS) is 46.3. The molecule has 0 aromatic carbocycles. The van der Waals surface area contributed by atoms with Crippen LogP contribution in [0.15, 0.2) is 22.0 Å². The zero-order valence-electron chi connectivity index (χ0n) is 20.6. The largest absolute Gasteiger partial charge is 0.399 e. The lowest BCUT2D eigenvalue weighted by Crippen LogP contribution is -2.61.